The van der Waals surface area contributed by atoms with Crippen LogP contribution in [0.2, 0.25) is 5.15 Å². The summed E-state index contributed by atoms with van der Waals surface area (Å²) in [6.45, 7) is 3.14. The minimum Gasteiger partial charge on any atom is -0.295 e. The summed E-state index contributed by atoms with van der Waals surface area (Å²) in [7, 11) is -3.07. The zero-order valence-corrected chi connectivity index (χ0v) is 11.7. The van der Waals surface area contributed by atoms with Gasteiger partial charge in [-0.05, 0) is 0 Å². The first-order valence-electron chi connectivity index (χ1n) is 5.59. The molecule has 0 unspecified atom stereocenters. The molecule has 2 rings (SSSR count). The fraction of sp³-hybridized carbons (Fsp3) is 0.600. The number of piperazine rings is 1. The van der Waals surface area contributed by atoms with Crippen LogP contribution >= 0.6 is 11.6 Å². The Morgan fingerprint density at radius 3 is 2.39 bits per heavy atom. The molecule has 0 aliphatic carbocycles. The number of hydrogen-bond donors (Lipinski definition) is 0. The van der Waals surface area contributed by atoms with E-state index in [0.717, 1.165) is 5.69 Å². The summed E-state index contributed by atoms with van der Waals surface area (Å²) in [5.74, 6) is 0. The Bertz CT molecular complexity index is 497. The summed E-state index contributed by atoms with van der Waals surface area (Å²) < 4.78 is 24.2. The number of halogens is 1. The van der Waals surface area contributed by atoms with Crippen LogP contribution in [-0.4, -0.2) is 60.0 Å². The molecule has 6 nitrogen and oxygen atoms in total. The molecule has 1 aromatic rings. The van der Waals surface area contributed by atoms with Gasteiger partial charge < -0.3 is 0 Å². The Morgan fingerprint density at radius 1 is 1.22 bits per heavy atom. The van der Waals surface area contributed by atoms with Crippen molar-refractivity contribution in [3.05, 3.63) is 23.2 Å². The van der Waals surface area contributed by atoms with E-state index in [9.17, 15) is 8.42 Å². The number of aromatic nitrogens is 2. The third-order valence-electron chi connectivity index (χ3n) is 2.86. The highest BCUT2D eigenvalue weighted by molar-refractivity contribution is 7.88. The second kappa shape index (κ2) is 5.48. The Kier molecular flexibility index (Phi) is 4.16. The van der Waals surface area contributed by atoms with Crippen LogP contribution in [0.1, 0.15) is 5.69 Å². The van der Waals surface area contributed by atoms with Crippen molar-refractivity contribution >= 4 is 21.6 Å². The largest absolute Gasteiger partial charge is 0.295 e. The van der Waals surface area contributed by atoms with Crippen LogP contribution in [0.3, 0.4) is 0 Å². The molecule has 0 N–H and O–H groups in total. The lowest BCUT2D eigenvalue weighted by atomic mass is 10.3. The van der Waals surface area contributed by atoms with Crippen LogP contribution in [0.25, 0.3) is 0 Å². The molecule has 0 spiro atoms. The second-order valence-electron chi connectivity index (χ2n) is 4.27. The summed E-state index contributed by atoms with van der Waals surface area (Å²) in [6.07, 6.45) is 4.41. The Labute approximate surface area is 112 Å². The molecule has 0 atom stereocenters. The summed E-state index contributed by atoms with van der Waals surface area (Å²) >= 11 is 5.66. The van der Waals surface area contributed by atoms with Gasteiger partial charge in [0.2, 0.25) is 10.0 Å². The van der Waals surface area contributed by atoms with Gasteiger partial charge in [0.25, 0.3) is 0 Å². The molecule has 1 aliphatic rings. The summed E-state index contributed by atoms with van der Waals surface area (Å²) in [5, 5.41) is 0.376. The molecule has 1 saturated heterocycles. The molecular weight excluding hydrogens is 276 g/mol. The Hall–Kier alpha value is -0.760. The average Bonchev–Trinajstić information content (AvgIpc) is 2.32. The molecule has 8 heteroatoms. The predicted octanol–water partition coefficient (Wildman–Crippen LogP) is 0.207. The molecule has 1 aliphatic heterocycles. The van der Waals surface area contributed by atoms with Crippen molar-refractivity contribution in [2.24, 2.45) is 0 Å². The number of nitrogens with zero attached hydrogens (tertiary/aromatic N) is 4. The fourth-order valence-electron chi connectivity index (χ4n) is 1.87. The third-order valence-corrected chi connectivity index (χ3v) is 4.36. The average molecular weight is 291 g/mol. The highest BCUT2D eigenvalue weighted by Gasteiger charge is 2.23. The maximum Gasteiger partial charge on any atom is 0.211 e. The van der Waals surface area contributed by atoms with E-state index in [4.69, 9.17) is 11.6 Å². The molecule has 1 aromatic heterocycles. The highest BCUT2D eigenvalue weighted by atomic mass is 35.5. The standard InChI is InChI=1S/C10H15ClN4O2S/c1-18(16,17)15-4-2-14(3-5-15)8-9-6-13-10(11)7-12-9/h6-7H,2-5,8H2,1H3. The van der Waals surface area contributed by atoms with Gasteiger partial charge in [-0.2, -0.15) is 4.31 Å². The molecule has 1 fully saturated rings. The van der Waals surface area contributed by atoms with Gasteiger partial charge >= 0.3 is 0 Å². The zero-order valence-electron chi connectivity index (χ0n) is 10.1. The summed E-state index contributed by atoms with van der Waals surface area (Å²) in [5.41, 5.74) is 0.840. The molecule has 2 heterocycles. The first-order valence-corrected chi connectivity index (χ1v) is 7.82. The van der Waals surface area contributed by atoms with E-state index < -0.39 is 10.0 Å². The van der Waals surface area contributed by atoms with Crippen molar-refractivity contribution in [2.75, 3.05) is 32.4 Å². The maximum atomic E-state index is 11.4. The van der Waals surface area contributed by atoms with Crippen LogP contribution in [0, 0.1) is 0 Å². The van der Waals surface area contributed by atoms with Gasteiger partial charge in [-0.3, -0.25) is 9.88 Å². The number of sulfonamides is 1. The SMILES string of the molecule is CS(=O)(=O)N1CCN(Cc2cnc(Cl)cn2)CC1. The molecule has 0 bridgehead atoms. The summed E-state index contributed by atoms with van der Waals surface area (Å²) in [4.78, 5) is 10.3. The van der Waals surface area contributed by atoms with E-state index in [2.05, 4.69) is 14.9 Å². The van der Waals surface area contributed by atoms with Crippen molar-refractivity contribution in [3.8, 4) is 0 Å². The normalized spacial score (nSPS) is 19.0. The zero-order chi connectivity index (χ0) is 13.2. The number of hydrogen-bond acceptors (Lipinski definition) is 5. The molecule has 100 valence electrons. The predicted molar refractivity (Wildman–Crippen MR) is 68.7 cm³/mol. The van der Waals surface area contributed by atoms with E-state index in [0.29, 0.717) is 37.9 Å². The molecular formula is C10H15ClN4O2S. The first kappa shape index (κ1) is 13.7. The summed E-state index contributed by atoms with van der Waals surface area (Å²) in [6, 6.07) is 0. The third kappa shape index (κ3) is 3.61. The van der Waals surface area contributed by atoms with Crippen molar-refractivity contribution in [3.63, 3.8) is 0 Å². The first-order chi connectivity index (χ1) is 8.45. The smallest absolute Gasteiger partial charge is 0.211 e. The number of rotatable bonds is 3. The van der Waals surface area contributed by atoms with Gasteiger partial charge in [-0.15, -0.1) is 0 Å². The fourth-order valence-corrected chi connectivity index (χ4v) is 2.79. The lowest BCUT2D eigenvalue weighted by Crippen LogP contribution is -2.47. The quantitative estimate of drug-likeness (QED) is 0.796. The molecule has 18 heavy (non-hydrogen) atoms. The molecule has 0 amide bonds. The van der Waals surface area contributed by atoms with Gasteiger partial charge in [0.15, 0.2) is 0 Å². The highest BCUT2D eigenvalue weighted by Crippen LogP contribution is 2.09. The molecule has 0 saturated carbocycles. The van der Waals surface area contributed by atoms with E-state index >= 15 is 0 Å². The monoisotopic (exact) mass is 290 g/mol. The van der Waals surface area contributed by atoms with Crippen LogP contribution in [-0.2, 0) is 16.6 Å². The van der Waals surface area contributed by atoms with Crippen LogP contribution in [0.5, 0.6) is 0 Å². The Balaban J connectivity index is 1.89. The van der Waals surface area contributed by atoms with Crippen molar-refractivity contribution < 1.29 is 8.42 Å². The van der Waals surface area contributed by atoms with Gasteiger partial charge in [0.05, 0.1) is 24.3 Å². The lowest BCUT2D eigenvalue weighted by Gasteiger charge is -2.32. The lowest BCUT2D eigenvalue weighted by molar-refractivity contribution is 0.180. The van der Waals surface area contributed by atoms with Gasteiger partial charge in [0, 0.05) is 32.7 Å². The molecule has 0 radical (unpaired) electrons. The second-order valence-corrected chi connectivity index (χ2v) is 6.64. The molecule has 0 aromatic carbocycles. The van der Waals surface area contributed by atoms with E-state index in [-0.39, 0.29) is 0 Å². The van der Waals surface area contributed by atoms with Crippen molar-refractivity contribution in [2.45, 2.75) is 6.54 Å². The van der Waals surface area contributed by atoms with Gasteiger partial charge in [0.1, 0.15) is 5.15 Å². The van der Waals surface area contributed by atoms with E-state index in [1.165, 1.54) is 16.8 Å². The minimum absolute atomic E-state index is 0.376. The Morgan fingerprint density at radius 2 is 1.89 bits per heavy atom. The van der Waals surface area contributed by atoms with E-state index in [1.807, 2.05) is 0 Å². The minimum atomic E-state index is -3.07. The van der Waals surface area contributed by atoms with Crippen LogP contribution in [0.15, 0.2) is 12.4 Å². The van der Waals surface area contributed by atoms with Crippen molar-refractivity contribution in [1.29, 1.82) is 0 Å². The van der Waals surface area contributed by atoms with E-state index in [1.54, 1.807) is 6.20 Å². The van der Waals surface area contributed by atoms with Crippen LogP contribution in [0.4, 0.5) is 0 Å². The maximum absolute atomic E-state index is 11.4. The van der Waals surface area contributed by atoms with Gasteiger partial charge in [-0.25, -0.2) is 13.4 Å². The van der Waals surface area contributed by atoms with Gasteiger partial charge in [-0.1, -0.05) is 11.6 Å². The topological polar surface area (TPSA) is 66.4 Å². The van der Waals surface area contributed by atoms with Crippen LogP contribution < -0.4 is 0 Å². The van der Waals surface area contributed by atoms with Crippen molar-refractivity contribution in [1.82, 2.24) is 19.2 Å².